The average Bonchev–Trinajstić information content (AvgIpc) is 3.10. The van der Waals surface area contributed by atoms with Gasteiger partial charge in [-0.25, -0.2) is 0 Å². The Bertz CT molecular complexity index is 1240. The Morgan fingerprint density at radius 2 is 1.62 bits per heavy atom. The molecule has 2 aliphatic rings. The second-order valence-corrected chi connectivity index (χ2v) is 9.03. The number of rotatable bonds is 3. The van der Waals surface area contributed by atoms with E-state index in [9.17, 15) is 14.7 Å². The minimum Gasteiger partial charge on any atom is -0.507 e. The van der Waals surface area contributed by atoms with Crippen molar-refractivity contribution in [1.29, 1.82) is 0 Å². The van der Waals surface area contributed by atoms with E-state index in [0.29, 0.717) is 16.8 Å². The number of ketones is 1. The van der Waals surface area contributed by atoms with Crippen molar-refractivity contribution in [2.75, 3.05) is 4.90 Å². The van der Waals surface area contributed by atoms with E-state index < -0.39 is 17.7 Å². The molecule has 1 saturated heterocycles. The van der Waals surface area contributed by atoms with Gasteiger partial charge in [-0.1, -0.05) is 28.1 Å². The number of fused-ring (bicyclic) bond motifs is 1. The first-order valence-electron chi connectivity index (χ1n) is 10.6. The number of aliphatic hydroxyl groups is 1. The van der Waals surface area contributed by atoms with Crippen molar-refractivity contribution in [1.82, 2.24) is 4.98 Å². The minimum atomic E-state index is -0.741. The molecule has 5 rings (SSSR count). The number of Topliss-reactive ketones (excluding diaryl/α,β-unsaturated/α-hetero) is 1. The standard InChI is InChI=1S/C26H21BrN2O3/c27-20-7-9-21(10-8-20)29-23(17-11-13-28-14-12-17)22(25(31)26(29)32)24(30)19-6-5-16-3-1-2-4-18(16)15-19/h5-15,23,30H,1-4H2/b24-22-. The Morgan fingerprint density at radius 3 is 2.34 bits per heavy atom. The Labute approximate surface area is 194 Å². The number of amides is 1. The summed E-state index contributed by atoms with van der Waals surface area (Å²) >= 11 is 3.41. The Morgan fingerprint density at radius 1 is 0.938 bits per heavy atom. The average molecular weight is 489 g/mol. The van der Waals surface area contributed by atoms with E-state index in [2.05, 4.69) is 20.9 Å². The van der Waals surface area contributed by atoms with Crippen LogP contribution < -0.4 is 4.90 Å². The molecule has 1 amide bonds. The summed E-state index contributed by atoms with van der Waals surface area (Å²) in [4.78, 5) is 31.9. The third-order valence-corrected chi connectivity index (χ3v) is 6.72. The highest BCUT2D eigenvalue weighted by molar-refractivity contribution is 9.10. The maximum atomic E-state index is 13.2. The van der Waals surface area contributed by atoms with Crippen LogP contribution in [-0.4, -0.2) is 21.8 Å². The van der Waals surface area contributed by atoms with Crippen molar-refractivity contribution in [3.8, 4) is 0 Å². The van der Waals surface area contributed by atoms with Crippen LogP contribution in [0.2, 0.25) is 0 Å². The van der Waals surface area contributed by atoms with Crippen LogP contribution in [0.25, 0.3) is 5.76 Å². The number of aryl methyl sites for hydroxylation is 2. The van der Waals surface area contributed by atoms with Crippen LogP contribution in [0.1, 0.15) is 41.1 Å². The van der Waals surface area contributed by atoms with Gasteiger partial charge in [-0.3, -0.25) is 19.5 Å². The molecule has 0 saturated carbocycles. The van der Waals surface area contributed by atoms with Crippen molar-refractivity contribution >= 4 is 39.1 Å². The van der Waals surface area contributed by atoms with Crippen molar-refractivity contribution in [2.24, 2.45) is 0 Å². The summed E-state index contributed by atoms with van der Waals surface area (Å²) < 4.78 is 0.868. The highest BCUT2D eigenvalue weighted by atomic mass is 79.9. The molecule has 32 heavy (non-hydrogen) atoms. The molecule has 6 heteroatoms. The monoisotopic (exact) mass is 488 g/mol. The van der Waals surface area contributed by atoms with Crippen LogP contribution in [-0.2, 0) is 22.4 Å². The number of aromatic nitrogens is 1. The van der Waals surface area contributed by atoms with E-state index in [0.717, 1.165) is 23.7 Å². The number of hydrogen-bond acceptors (Lipinski definition) is 4. The molecule has 1 N–H and O–H groups in total. The highest BCUT2D eigenvalue weighted by Crippen LogP contribution is 2.42. The molecule has 1 aliphatic heterocycles. The molecule has 1 atom stereocenters. The number of anilines is 1. The summed E-state index contributed by atoms with van der Waals surface area (Å²) in [7, 11) is 0. The van der Waals surface area contributed by atoms with E-state index in [1.54, 1.807) is 36.7 Å². The zero-order chi connectivity index (χ0) is 22.2. The van der Waals surface area contributed by atoms with E-state index >= 15 is 0 Å². The number of hydrogen-bond donors (Lipinski definition) is 1. The van der Waals surface area contributed by atoms with Gasteiger partial charge in [0.25, 0.3) is 11.7 Å². The van der Waals surface area contributed by atoms with Crippen molar-refractivity contribution < 1.29 is 14.7 Å². The second kappa shape index (κ2) is 8.36. The molecule has 1 fully saturated rings. The van der Waals surface area contributed by atoms with Gasteiger partial charge in [0.2, 0.25) is 0 Å². The molecule has 1 aliphatic carbocycles. The normalized spacial score (nSPS) is 19.8. The van der Waals surface area contributed by atoms with Gasteiger partial charge in [-0.15, -0.1) is 0 Å². The van der Waals surface area contributed by atoms with Gasteiger partial charge in [0.05, 0.1) is 11.6 Å². The quantitative estimate of drug-likeness (QED) is 0.306. The van der Waals surface area contributed by atoms with Gasteiger partial charge in [0.1, 0.15) is 5.76 Å². The van der Waals surface area contributed by atoms with Crippen LogP contribution in [0, 0.1) is 0 Å². The predicted molar refractivity (Wildman–Crippen MR) is 126 cm³/mol. The fourth-order valence-electron chi connectivity index (χ4n) is 4.60. The first kappa shape index (κ1) is 20.6. The molecule has 2 heterocycles. The number of halogens is 1. The van der Waals surface area contributed by atoms with Crippen LogP contribution >= 0.6 is 15.9 Å². The number of nitrogens with zero attached hydrogens (tertiary/aromatic N) is 2. The largest absolute Gasteiger partial charge is 0.507 e. The first-order valence-corrected chi connectivity index (χ1v) is 11.4. The zero-order valence-electron chi connectivity index (χ0n) is 17.3. The van der Waals surface area contributed by atoms with Crippen molar-refractivity contribution in [3.63, 3.8) is 0 Å². The van der Waals surface area contributed by atoms with E-state index in [1.807, 2.05) is 30.3 Å². The number of pyridine rings is 1. The smallest absolute Gasteiger partial charge is 0.300 e. The minimum absolute atomic E-state index is 0.0971. The number of carbonyl (C=O) groups excluding carboxylic acids is 2. The highest BCUT2D eigenvalue weighted by Gasteiger charge is 2.47. The number of aliphatic hydroxyl groups excluding tert-OH is 1. The lowest BCUT2D eigenvalue weighted by molar-refractivity contribution is -0.132. The predicted octanol–water partition coefficient (Wildman–Crippen LogP) is 5.35. The Kier molecular flexibility index (Phi) is 5.39. The molecule has 2 aromatic carbocycles. The lowest BCUT2D eigenvalue weighted by Gasteiger charge is -2.25. The molecule has 1 aromatic heterocycles. The Balaban J connectivity index is 1.68. The molecular weight excluding hydrogens is 468 g/mol. The van der Waals surface area contributed by atoms with Crippen LogP contribution in [0.3, 0.4) is 0 Å². The third-order valence-electron chi connectivity index (χ3n) is 6.19. The van der Waals surface area contributed by atoms with Crippen LogP contribution in [0.15, 0.2) is 77.0 Å². The lowest BCUT2D eigenvalue weighted by Crippen LogP contribution is -2.29. The summed E-state index contributed by atoms with van der Waals surface area (Å²) in [5.41, 5.74) is 4.44. The molecule has 160 valence electrons. The Hall–Kier alpha value is -3.25. The van der Waals surface area contributed by atoms with Crippen molar-refractivity contribution in [2.45, 2.75) is 31.7 Å². The zero-order valence-corrected chi connectivity index (χ0v) is 18.9. The topological polar surface area (TPSA) is 70.5 Å². The van der Waals surface area contributed by atoms with Gasteiger partial charge in [-0.2, -0.15) is 0 Å². The summed E-state index contributed by atoms with van der Waals surface area (Å²) in [6, 6.07) is 15.8. The molecule has 0 spiro atoms. The summed E-state index contributed by atoms with van der Waals surface area (Å²) in [5.74, 6) is -1.49. The summed E-state index contributed by atoms with van der Waals surface area (Å²) in [5, 5.41) is 11.3. The van der Waals surface area contributed by atoms with Gasteiger partial charge >= 0.3 is 0 Å². The van der Waals surface area contributed by atoms with Crippen molar-refractivity contribution in [3.05, 3.63) is 99.3 Å². The molecule has 1 unspecified atom stereocenters. The lowest BCUT2D eigenvalue weighted by atomic mass is 9.89. The molecular formula is C26H21BrN2O3. The molecule has 0 radical (unpaired) electrons. The van der Waals surface area contributed by atoms with Gasteiger partial charge in [0, 0.05) is 28.1 Å². The van der Waals surface area contributed by atoms with E-state index in [4.69, 9.17) is 0 Å². The van der Waals surface area contributed by atoms with Gasteiger partial charge in [-0.05, 0) is 84.8 Å². The first-order chi connectivity index (χ1) is 15.5. The molecule has 5 nitrogen and oxygen atoms in total. The maximum absolute atomic E-state index is 13.2. The fraction of sp³-hybridized carbons (Fsp3) is 0.192. The summed E-state index contributed by atoms with van der Waals surface area (Å²) in [6.07, 6.45) is 7.51. The number of benzene rings is 2. The summed E-state index contributed by atoms with van der Waals surface area (Å²) in [6.45, 7) is 0. The van der Waals surface area contributed by atoms with E-state index in [-0.39, 0.29) is 11.3 Å². The van der Waals surface area contributed by atoms with Gasteiger partial charge in [0.15, 0.2) is 0 Å². The number of carbonyl (C=O) groups is 2. The third kappa shape index (κ3) is 3.54. The van der Waals surface area contributed by atoms with E-state index in [1.165, 1.54) is 22.4 Å². The fourth-order valence-corrected chi connectivity index (χ4v) is 4.86. The second-order valence-electron chi connectivity index (χ2n) is 8.12. The molecule has 3 aromatic rings. The van der Waals surface area contributed by atoms with Gasteiger partial charge < -0.3 is 5.11 Å². The SMILES string of the molecule is O=C1C(=O)N(c2ccc(Br)cc2)C(c2ccncc2)/C1=C(/O)c1ccc2c(c1)CCCC2. The van der Waals surface area contributed by atoms with Crippen LogP contribution in [0.4, 0.5) is 5.69 Å². The maximum Gasteiger partial charge on any atom is 0.300 e. The molecule has 0 bridgehead atoms. The van der Waals surface area contributed by atoms with Crippen LogP contribution in [0.5, 0.6) is 0 Å².